The number of amides is 1. The van der Waals surface area contributed by atoms with E-state index in [1.165, 1.54) is 11.3 Å². The molecule has 0 unspecified atom stereocenters. The summed E-state index contributed by atoms with van der Waals surface area (Å²) in [6.45, 7) is 3.95. The molecule has 5 heteroatoms. The Balaban J connectivity index is 2.22. The molecule has 0 saturated heterocycles. The molecule has 0 saturated carbocycles. The number of halogens is 1. The van der Waals surface area contributed by atoms with E-state index in [0.717, 1.165) is 10.4 Å². The molecule has 96 valence electrons. The zero-order valence-corrected chi connectivity index (χ0v) is 12.0. The van der Waals surface area contributed by atoms with Gasteiger partial charge in [0.05, 0.1) is 15.5 Å². The Morgan fingerprint density at radius 3 is 2.68 bits per heavy atom. The fourth-order valence-corrected chi connectivity index (χ4v) is 2.66. The van der Waals surface area contributed by atoms with Gasteiger partial charge in [0.15, 0.2) is 0 Å². The lowest BCUT2D eigenvalue weighted by Gasteiger charge is -2.04. The van der Waals surface area contributed by atoms with E-state index in [0.29, 0.717) is 21.2 Å². The third-order valence-electron chi connectivity index (χ3n) is 2.73. The largest absolute Gasteiger partial charge is 0.321 e. The van der Waals surface area contributed by atoms with Crippen LogP contribution in [0, 0.1) is 25.2 Å². The zero-order chi connectivity index (χ0) is 14.0. The normalized spacial score (nSPS) is 10.0. The summed E-state index contributed by atoms with van der Waals surface area (Å²) < 4.78 is 0. The van der Waals surface area contributed by atoms with Crippen LogP contribution in [-0.2, 0) is 0 Å². The summed E-state index contributed by atoms with van der Waals surface area (Å²) in [6, 6.07) is 8.67. The van der Waals surface area contributed by atoms with Gasteiger partial charge >= 0.3 is 0 Å². The van der Waals surface area contributed by atoms with E-state index >= 15 is 0 Å². The number of nitrogens with zero attached hydrogens (tertiary/aromatic N) is 1. The van der Waals surface area contributed by atoms with Gasteiger partial charge in [-0.3, -0.25) is 4.79 Å². The van der Waals surface area contributed by atoms with E-state index in [2.05, 4.69) is 5.32 Å². The standard InChI is InChI=1S/C14H11ClN2OS/c1-8-5-13(19-9(8)2)14(18)17-11-3-4-12(15)10(6-11)7-16/h3-6H,1-2H3,(H,17,18). The van der Waals surface area contributed by atoms with Crippen LogP contribution in [0.1, 0.15) is 25.7 Å². The maximum Gasteiger partial charge on any atom is 0.265 e. The molecule has 1 amide bonds. The molecule has 1 heterocycles. The maximum atomic E-state index is 12.0. The minimum absolute atomic E-state index is 0.174. The van der Waals surface area contributed by atoms with Gasteiger partial charge in [0.2, 0.25) is 0 Å². The second-order valence-corrected chi connectivity index (χ2v) is 5.77. The summed E-state index contributed by atoms with van der Waals surface area (Å²) in [5.41, 5.74) is 2.01. The monoisotopic (exact) mass is 290 g/mol. The quantitative estimate of drug-likeness (QED) is 0.903. The van der Waals surface area contributed by atoms with Crippen LogP contribution in [0.4, 0.5) is 5.69 Å². The summed E-state index contributed by atoms with van der Waals surface area (Å²) in [6.07, 6.45) is 0. The molecule has 0 fully saturated rings. The third-order valence-corrected chi connectivity index (χ3v) is 4.22. The number of nitriles is 1. The summed E-state index contributed by atoms with van der Waals surface area (Å²) in [5, 5.41) is 12.0. The molecule has 0 aliphatic rings. The molecule has 1 aromatic heterocycles. The minimum Gasteiger partial charge on any atom is -0.321 e. The topological polar surface area (TPSA) is 52.9 Å². The first-order chi connectivity index (χ1) is 9.01. The van der Waals surface area contributed by atoms with Crippen molar-refractivity contribution < 1.29 is 4.79 Å². The van der Waals surface area contributed by atoms with Crippen molar-refractivity contribution in [3.8, 4) is 6.07 Å². The van der Waals surface area contributed by atoms with Gasteiger partial charge in [-0.25, -0.2) is 0 Å². The van der Waals surface area contributed by atoms with Crippen molar-refractivity contribution in [1.82, 2.24) is 0 Å². The van der Waals surface area contributed by atoms with Crippen molar-refractivity contribution in [2.24, 2.45) is 0 Å². The van der Waals surface area contributed by atoms with Gasteiger partial charge in [-0.2, -0.15) is 5.26 Å². The van der Waals surface area contributed by atoms with Crippen molar-refractivity contribution in [3.63, 3.8) is 0 Å². The molecular weight excluding hydrogens is 280 g/mol. The van der Waals surface area contributed by atoms with Crippen molar-refractivity contribution in [1.29, 1.82) is 5.26 Å². The lowest BCUT2D eigenvalue weighted by molar-refractivity contribution is 0.103. The van der Waals surface area contributed by atoms with Crippen LogP contribution in [0.5, 0.6) is 0 Å². The first-order valence-corrected chi connectivity index (χ1v) is 6.78. The Labute approximate surface area is 120 Å². The fourth-order valence-electron chi connectivity index (χ4n) is 1.57. The van der Waals surface area contributed by atoms with Gasteiger partial charge < -0.3 is 5.32 Å². The second-order valence-electron chi connectivity index (χ2n) is 4.11. The van der Waals surface area contributed by atoms with Gasteiger partial charge in [0.25, 0.3) is 5.91 Å². The van der Waals surface area contributed by atoms with E-state index in [1.807, 2.05) is 26.0 Å². The molecule has 0 spiro atoms. The molecule has 0 radical (unpaired) electrons. The number of aryl methyl sites for hydroxylation is 2. The predicted molar refractivity (Wildman–Crippen MR) is 77.9 cm³/mol. The smallest absolute Gasteiger partial charge is 0.265 e. The highest BCUT2D eigenvalue weighted by atomic mass is 35.5. The summed E-state index contributed by atoms with van der Waals surface area (Å²) in [7, 11) is 0. The molecule has 3 nitrogen and oxygen atoms in total. The Bertz CT molecular complexity index is 666. The molecule has 0 bridgehead atoms. The number of carbonyl (C=O) groups is 1. The van der Waals surface area contributed by atoms with Crippen LogP contribution in [0.15, 0.2) is 24.3 Å². The summed E-state index contributed by atoms with van der Waals surface area (Å²) >= 11 is 7.29. The van der Waals surface area contributed by atoms with Crippen molar-refractivity contribution in [3.05, 3.63) is 50.2 Å². The van der Waals surface area contributed by atoms with Crippen LogP contribution < -0.4 is 5.32 Å². The summed E-state index contributed by atoms with van der Waals surface area (Å²) in [4.78, 5) is 13.8. The molecule has 0 atom stereocenters. The van der Waals surface area contributed by atoms with E-state index < -0.39 is 0 Å². The molecule has 0 aliphatic carbocycles. The zero-order valence-electron chi connectivity index (χ0n) is 10.5. The van der Waals surface area contributed by atoms with Gasteiger partial charge in [0, 0.05) is 10.6 Å². The van der Waals surface area contributed by atoms with E-state index in [4.69, 9.17) is 16.9 Å². The lowest BCUT2D eigenvalue weighted by Crippen LogP contribution is -2.10. The average Bonchev–Trinajstić information content (AvgIpc) is 2.72. The molecule has 0 aliphatic heterocycles. The molecule has 1 aromatic carbocycles. The van der Waals surface area contributed by atoms with Crippen molar-refractivity contribution in [2.75, 3.05) is 5.32 Å². The van der Waals surface area contributed by atoms with E-state index in [-0.39, 0.29) is 5.91 Å². The first-order valence-electron chi connectivity index (χ1n) is 5.59. The second kappa shape index (κ2) is 5.43. The number of anilines is 1. The number of thiophene rings is 1. The Morgan fingerprint density at radius 2 is 2.11 bits per heavy atom. The van der Waals surface area contributed by atoms with Gasteiger partial charge in [-0.05, 0) is 43.7 Å². The number of rotatable bonds is 2. The first kappa shape index (κ1) is 13.6. The summed E-state index contributed by atoms with van der Waals surface area (Å²) in [5.74, 6) is -0.174. The Kier molecular flexibility index (Phi) is 3.89. The van der Waals surface area contributed by atoms with Crippen LogP contribution >= 0.6 is 22.9 Å². The molecule has 19 heavy (non-hydrogen) atoms. The highest BCUT2D eigenvalue weighted by Gasteiger charge is 2.11. The molecule has 1 N–H and O–H groups in total. The Morgan fingerprint density at radius 1 is 1.37 bits per heavy atom. The highest BCUT2D eigenvalue weighted by Crippen LogP contribution is 2.23. The molecular formula is C14H11ClN2OS. The number of carbonyl (C=O) groups excluding carboxylic acids is 1. The SMILES string of the molecule is Cc1cc(C(=O)Nc2ccc(Cl)c(C#N)c2)sc1C. The molecule has 2 rings (SSSR count). The number of hydrogen-bond donors (Lipinski definition) is 1. The Hall–Kier alpha value is -1.83. The average molecular weight is 291 g/mol. The van der Waals surface area contributed by atoms with Crippen LogP contribution in [0.25, 0.3) is 0 Å². The van der Waals surface area contributed by atoms with E-state index in [1.54, 1.807) is 18.2 Å². The van der Waals surface area contributed by atoms with Gasteiger partial charge in [0.1, 0.15) is 6.07 Å². The highest BCUT2D eigenvalue weighted by molar-refractivity contribution is 7.14. The lowest BCUT2D eigenvalue weighted by atomic mass is 10.2. The predicted octanol–water partition coefficient (Wildman–Crippen LogP) is 4.14. The van der Waals surface area contributed by atoms with E-state index in [9.17, 15) is 4.79 Å². The van der Waals surface area contributed by atoms with Gasteiger partial charge in [-0.1, -0.05) is 11.6 Å². The molecule has 2 aromatic rings. The van der Waals surface area contributed by atoms with Gasteiger partial charge in [-0.15, -0.1) is 11.3 Å². The van der Waals surface area contributed by atoms with Crippen LogP contribution in [-0.4, -0.2) is 5.91 Å². The van der Waals surface area contributed by atoms with Crippen LogP contribution in [0.2, 0.25) is 5.02 Å². The third kappa shape index (κ3) is 2.95. The van der Waals surface area contributed by atoms with Crippen molar-refractivity contribution >= 4 is 34.5 Å². The number of hydrogen-bond acceptors (Lipinski definition) is 3. The number of benzene rings is 1. The van der Waals surface area contributed by atoms with Crippen LogP contribution in [0.3, 0.4) is 0 Å². The number of nitrogens with one attached hydrogen (secondary N) is 1. The fraction of sp³-hybridized carbons (Fsp3) is 0.143. The van der Waals surface area contributed by atoms with Crippen molar-refractivity contribution in [2.45, 2.75) is 13.8 Å². The minimum atomic E-state index is -0.174. The maximum absolute atomic E-state index is 12.0.